The Kier molecular flexibility index (Phi) is 18.9. The van der Waals surface area contributed by atoms with E-state index in [1.165, 1.54) is 66.8 Å². The van der Waals surface area contributed by atoms with Crippen LogP contribution in [-0.2, 0) is 18.6 Å². The molecule has 2 aliphatic heterocycles. The van der Waals surface area contributed by atoms with Gasteiger partial charge in [0.1, 0.15) is 5.15 Å². The third-order valence-electron chi connectivity index (χ3n) is 24.2. The summed E-state index contributed by atoms with van der Waals surface area (Å²) in [5.41, 5.74) is 29.9. The molecule has 23 rings (SSSR count). The molecule has 15 aromatic rings. The summed E-state index contributed by atoms with van der Waals surface area (Å²) in [6, 6.07) is 113. The fraction of sp³-hybridized carbons (Fsp3) is 0.158. The van der Waals surface area contributed by atoms with E-state index < -0.39 is 0 Å². The molecule has 4 atom stereocenters. The normalized spacial score (nSPS) is 17.9. The largest absolute Gasteiger partial charge is 0.494 e. The predicted molar refractivity (Wildman–Crippen MR) is 462 cm³/mol. The first-order chi connectivity index (χ1) is 54.9. The summed E-state index contributed by atoms with van der Waals surface area (Å²) in [5, 5.41) is 0.452. The lowest BCUT2D eigenvalue weighted by molar-refractivity contribution is 0.00578. The molecule has 10 nitrogen and oxygen atoms in total. The maximum atomic E-state index is 6.42. The third kappa shape index (κ3) is 13.3. The SMILES string of the molecule is CC1(C)OB(c2ccc3c(c2)C2c4ccccc4C3c3cc(B4OC(C)(C)C(C)(C)O4)ccc32)OC1(C)C.Clc1cc(-c2ccccc2)nc(-c2ccccc2)n1.[CH3-].c1ccc(-c2cc(-c3ccc4c(c3)C3c5ccccc5C4c4cc(-c5cc(-c6ccccc6)nc(-c6ccccc6)n5)ccc43)nc(-c3ccccc3)n2)cc1. The van der Waals surface area contributed by atoms with E-state index in [9.17, 15) is 0 Å². The quantitative estimate of drug-likeness (QED) is 0.0745. The number of benzene rings is 12. The van der Waals surface area contributed by atoms with Crippen LogP contribution in [0, 0.1) is 7.43 Å². The van der Waals surface area contributed by atoms with Gasteiger partial charge < -0.3 is 26.0 Å². The Labute approximate surface area is 673 Å². The van der Waals surface area contributed by atoms with Crippen molar-refractivity contribution in [3.8, 4) is 90.5 Å². The summed E-state index contributed by atoms with van der Waals surface area (Å²) >= 11 is 6.10. The zero-order valence-corrected chi connectivity index (χ0v) is 66.0. The second-order valence-corrected chi connectivity index (χ2v) is 32.5. The Hall–Kier alpha value is -11.9. The van der Waals surface area contributed by atoms with E-state index in [0.29, 0.717) is 11.0 Å². The molecule has 4 bridgehead atoms. The van der Waals surface area contributed by atoms with Crippen LogP contribution in [-0.4, -0.2) is 66.5 Å². The summed E-state index contributed by atoms with van der Waals surface area (Å²) < 4.78 is 25.7. The molecule has 4 unspecified atom stereocenters. The Balaban J connectivity index is 0.000000134. The van der Waals surface area contributed by atoms with Gasteiger partial charge in [0.2, 0.25) is 0 Å². The van der Waals surface area contributed by atoms with Crippen molar-refractivity contribution < 1.29 is 18.6 Å². The number of rotatable bonds is 10. The minimum Gasteiger partial charge on any atom is -0.399 e. The highest BCUT2D eigenvalue weighted by atomic mass is 35.5. The highest BCUT2D eigenvalue weighted by molar-refractivity contribution is 6.62. The Morgan fingerprint density at radius 1 is 0.228 bits per heavy atom. The van der Waals surface area contributed by atoms with E-state index in [2.05, 4.69) is 272 Å². The van der Waals surface area contributed by atoms with Crippen LogP contribution in [0.2, 0.25) is 5.15 Å². The average Bonchev–Trinajstić information content (AvgIpc) is 0.820. The lowest BCUT2D eigenvalue weighted by Crippen LogP contribution is -2.41. The van der Waals surface area contributed by atoms with Gasteiger partial charge >= 0.3 is 14.2 Å². The predicted octanol–water partition coefficient (Wildman–Crippen LogP) is 22.4. The van der Waals surface area contributed by atoms with E-state index in [1.54, 1.807) is 6.07 Å². The molecule has 13 heteroatoms. The summed E-state index contributed by atoms with van der Waals surface area (Å²) in [6.45, 7) is 16.9. The number of nitrogens with zero attached hydrogens (tertiary/aromatic N) is 6. The van der Waals surface area contributed by atoms with E-state index in [4.69, 9.17) is 50.2 Å². The summed E-state index contributed by atoms with van der Waals surface area (Å²) in [5.74, 6) is 2.65. The number of aromatic nitrogens is 6. The van der Waals surface area contributed by atoms with Gasteiger partial charge in [-0.25, -0.2) is 29.9 Å². The minimum absolute atomic E-state index is 0. The van der Waals surface area contributed by atoms with Crippen LogP contribution in [0.5, 0.6) is 0 Å². The van der Waals surface area contributed by atoms with Crippen molar-refractivity contribution in [3.05, 3.63) is 401 Å². The van der Waals surface area contributed by atoms with Crippen molar-refractivity contribution in [1.29, 1.82) is 0 Å². The number of hydrogen-bond acceptors (Lipinski definition) is 10. The maximum absolute atomic E-state index is 6.42. The van der Waals surface area contributed by atoms with Gasteiger partial charge in [-0.05, 0) is 157 Å². The molecule has 0 spiro atoms. The first kappa shape index (κ1) is 73.6. The van der Waals surface area contributed by atoms with Gasteiger partial charge in [-0.15, -0.1) is 0 Å². The molecule has 114 heavy (non-hydrogen) atoms. The van der Waals surface area contributed by atoms with Gasteiger partial charge in [-0.3, -0.25) is 0 Å². The third-order valence-corrected chi connectivity index (χ3v) is 24.4. The summed E-state index contributed by atoms with van der Waals surface area (Å²) in [7, 11) is -0.738. The van der Waals surface area contributed by atoms with Gasteiger partial charge in [0.05, 0.1) is 50.9 Å². The van der Waals surface area contributed by atoms with Crippen LogP contribution in [0.15, 0.2) is 322 Å². The van der Waals surface area contributed by atoms with Crippen LogP contribution in [0.4, 0.5) is 0 Å². The number of halogens is 1. The van der Waals surface area contributed by atoms with Crippen molar-refractivity contribution >= 4 is 36.8 Å². The Bertz CT molecular complexity index is 5640. The molecule has 3 aromatic heterocycles. The standard InChI is InChI=1S/C52H34N4.C32H36B2O4.C16H11ClN2.CH3/c1-5-15-33(16-6-1)45-31-47(55-51(53-45)35-19-9-3-10-20-35)37-25-27-41-43(29-37)49-39-23-13-14-24-40(39)50(41)44-30-38(26-28-42(44)49)48-32-46(34-17-7-2-8-18-34)54-52(56-48)36-21-11-4-12-22-36;1-29(2)30(3,4)36-33(35-29)19-13-15-23-25(17-19)27-21-11-9-10-12-22(21)28(23)26-18-20(14-16-24(26)27)34-37-31(5,6)32(7,8)38-34;17-15-11-14(12-7-3-1-4-8-12)18-16(19-15)13-9-5-2-6-10-13;/h1-32,49-50H;9-18,27-28H,1-8H3;1-11H;1H3/q;;;-1. The topological polar surface area (TPSA) is 114 Å². The zero-order chi connectivity index (χ0) is 76.9. The molecule has 0 N–H and O–H groups in total. The van der Waals surface area contributed by atoms with Gasteiger partial charge in [0.25, 0.3) is 0 Å². The fourth-order valence-electron chi connectivity index (χ4n) is 17.1. The monoisotopic (exact) mass is 1500 g/mol. The van der Waals surface area contributed by atoms with Crippen molar-refractivity contribution in [2.24, 2.45) is 0 Å². The van der Waals surface area contributed by atoms with E-state index in [-0.39, 0.29) is 67.7 Å². The summed E-state index contributed by atoms with van der Waals surface area (Å²) in [6.07, 6.45) is 0. The Morgan fingerprint density at radius 3 is 0.754 bits per heavy atom. The highest BCUT2D eigenvalue weighted by Gasteiger charge is 2.54. The van der Waals surface area contributed by atoms with Gasteiger partial charge in [0, 0.05) is 74.2 Å². The van der Waals surface area contributed by atoms with Crippen LogP contribution in [0.25, 0.3) is 90.5 Å². The smallest absolute Gasteiger partial charge is 0.399 e. The first-order valence-corrected chi connectivity index (χ1v) is 39.4. The average molecular weight is 1500 g/mol. The van der Waals surface area contributed by atoms with Gasteiger partial charge in [0.15, 0.2) is 17.5 Å². The molecule has 0 saturated carbocycles. The minimum atomic E-state index is -0.369. The molecule has 556 valence electrons. The van der Waals surface area contributed by atoms with E-state index in [1.807, 2.05) is 109 Å². The second-order valence-electron chi connectivity index (χ2n) is 32.2. The molecule has 0 amide bonds. The second kappa shape index (κ2) is 29.3. The molecule has 12 aromatic carbocycles. The van der Waals surface area contributed by atoms with Crippen LogP contribution >= 0.6 is 11.6 Å². The lowest BCUT2D eigenvalue weighted by atomic mass is 9.59. The molecule has 6 aliphatic carbocycles. The molecule has 5 heterocycles. The van der Waals surface area contributed by atoms with E-state index in [0.717, 1.165) is 95.6 Å². The van der Waals surface area contributed by atoms with Crippen molar-refractivity contribution in [3.63, 3.8) is 0 Å². The zero-order valence-electron chi connectivity index (χ0n) is 65.3. The summed E-state index contributed by atoms with van der Waals surface area (Å²) in [4.78, 5) is 29.3. The fourth-order valence-corrected chi connectivity index (χ4v) is 17.3. The highest BCUT2D eigenvalue weighted by Crippen LogP contribution is 2.58. The lowest BCUT2D eigenvalue weighted by Gasteiger charge is -2.42. The van der Waals surface area contributed by atoms with Crippen LogP contribution in [0.1, 0.15) is 146 Å². The van der Waals surface area contributed by atoms with Crippen molar-refractivity contribution in [1.82, 2.24) is 29.9 Å². The molecular weight excluding hydrogens is 1420 g/mol. The van der Waals surface area contributed by atoms with Gasteiger partial charge in [-0.1, -0.05) is 303 Å². The maximum Gasteiger partial charge on any atom is 0.494 e. The number of hydrogen-bond donors (Lipinski definition) is 0. The van der Waals surface area contributed by atoms with Crippen LogP contribution < -0.4 is 10.9 Å². The molecule has 2 saturated heterocycles. The van der Waals surface area contributed by atoms with Crippen molar-refractivity contribution in [2.75, 3.05) is 0 Å². The Morgan fingerprint density at radius 2 is 0.456 bits per heavy atom. The molecule has 0 radical (unpaired) electrons. The molecule has 2 fully saturated rings. The molecular formula is C101H84B2ClN6O4-. The first-order valence-electron chi connectivity index (χ1n) is 39.0. The van der Waals surface area contributed by atoms with Crippen LogP contribution in [0.3, 0.4) is 0 Å². The van der Waals surface area contributed by atoms with Crippen molar-refractivity contribution in [2.45, 2.75) is 101 Å². The van der Waals surface area contributed by atoms with Gasteiger partial charge in [-0.2, -0.15) is 0 Å². The molecule has 8 aliphatic rings. The van der Waals surface area contributed by atoms with E-state index >= 15 is 0 Å².